The largest absolute Gasteiger partial charge is 0.314 e. The van der Waals surface area contributed by atoms with Gasteiger partial charge in [0, 0.05) is 24.7 Å². The standard InChI is InChI=1S/C17H33N3/c1-6-10-18-16(11-14(5)7-2)13-17-12-15(8-3)19-20(17)9-4/h12,14,16,18H,6-11,13H2,1-5H3. The molecule has 0 amide bonds. The first-order valence-corrected chi connectivity index (χ1v) is 8.43. The highest BCUT2D eigenvalue weighted by atomic mass is 15.3. The number of aryl methyl sites for hydroxylation is 2. The molecule has 3 nitrogen and oxygen atoms in total. The Hall–Kier alpha value is -0.830. The lowest BCUT2D eigenvalue weighted by Gasteiger charge is -2.22. The molecule has 0 fully saturated rings. The first-order chi connectivity index (χ1) is 9.64. The Morgan fingerprint density at radius 3 is 2.55 bits per heavy atom. The van der Waals surface area contributed by atoms with Gasteiger partial charge in [0.1, 0.15) is 0 Å². The van der Waals surface area contributed by atoms with Gasteiger partial charge >= 0.3 is 0 Å². The van der Waals surface area contributed by atoms with E-state index in [4.69, 9.17) is 0 Å². The van der Waals surface area contributed by atoms with Crippen molar-refractivity contribution in [2.75, 3.05) is 6.54 Å². The Morgan fingerprint density at radius 2 is 2.00 bits per heavy atom. The van der Waals surface area contributed by atoms with Crippen LogP contribution < -0.4 is 5.32 Å². The van der Waals surface area contributed by atoms with E-state index in [1.165, 1.54) is 30.7 Å². The molecule has 2 atom stereocenters. The fourth-order valence-electron chi connectivity index (χ4n) is 2.62. The minimum Gasteiger partial charge on any atom is -0.314 e. The van der Waals surface area contributed by atoms with E-state index < -0.39 is 0 Å². The molecule has 1 aromatic heterocycles. The summed E-state index contributed by atoms with van der Waals surface area (Å²) in [6.45, 7) is 13.3. The first-order valence-electron chi connectivity index (χ1n) is 8.43. The van der Waals surface area contributed by atoms with E-state index >= 15 is 0 Å². The van der Waals surface area contributed by atoms with Crippen molar-refractivity contribution in [3.63, 3.8) is 0 Å². The molecule has 0 saturated carbocycles. The van der Waals surface area contributed by atoms with Crippen molar-refractivity contribution < 1.29 is 0 Å². The quantitative estimate of drug-likeness (QED) is 0.706. The van der Waals surface area contributed by atoms with E-state index in [0.29, 0.717) is 6.04 Å². The maximum atomic E-state index is 4.67. The van der Waals surface area contributed by atoms with Gasteiger partial charge in [-0.15, -0.1) is 0 Å². The van der Waals surface area contributed by atoms with Gasteiger partial charge < -0.3 is 5.32 Å². The Kier molecular flexibility index (Phi) is 7.90. The molecule has 0 radical (unpaired) electrons. The van der Waals surface area contributed by atoms with Gasteiger partial charge in [0.2, 0.25) is 0 Å². The lowest BCUT2D eigenvalue weighted by molar-refractivity contribution is 0.384. The van der Waals surface area contributed by atoms with Crippen LogP contribution in [-0.2, 0) is 19.4 Å². The molecule has 20 heavy (non-hydrogen) atoms. The number of nitrogens with zero attached hydrogens (tertiary/aromatic N) is 2. The van der Waals surface area contributed by atoms with Crippen LogP contribution in [0.15, 0.2) is 6.07 Å². The van der Waals surface area contributed by atoms with Gasteiger partial charge in [0.25, 0.3) is 0 Å². The number of nitrogens with one attached hydrogen (secondary N) is 1. The van der Waals surface area contributed by atoms with E-state index in [0.717, 1.165) is 31.8 Å². The van der Waals surface area contributed by atoms with Crippen molar-refractivity contribution in [1.82, 2.24) is 15.1 Å². The zero-order valence-electron chi connectivity index (χ0n) is 14.1. The lowest BCUT2D eigenvalue weighted by atomic mass is 9.96. The highest BCUT2D eigenvalue weighted by Crippen LogP contribution is 2.15. The van der Waals surface area contributed by atoms with Crippen LogP contribution in [0.4, 0.5) is 0 Å². The molecule has 0 saturated heterocycles. The Bertz CT molecular complexity index is 370. The van der Waals surface area contributed by atoms with E-state index in [1.807, 2.05) is 0 Å². The van der Waals surface area contributed by atoms with Crippen LogP contribution in [0.2, 0.25) is 0 Å². The monoisotopic (exact) mass is 279 g/mol. The Labute approximate surface area is 125 Å². The minimum absolute atomic E-state index is 0.580. The predicted octanol–water partition coefficient (Wildman–Crippen LogP) is 3.81. The van der Waals surface area contributed by atoms with Gasteiger partial charge in [0.05, 0.1) is 5.69 Å². The van der Waals surface area contributed by atoms with E-state index in [9.17, 15) is 0 Å². The van der Waals surface area contributed by atoms with Gasteiger partial charge in [0.15, 0.2) is 0 Å². The van der Waals surface area contributed by atoms with Crippen molar-refractivity contribution in [3.05, 3.63) is 17.5 Å². The van der Waals surface area contributed by atoms with Crippen molar-refractivity contribution in [1.29, 1.82) is 0 Å². The molecular weight excluding hydrogens is 246 g/mol. The highest BCUT2D eigenvalue weighted by molar-refractivity contribution is 5.12. The second-order valence-corrected chi connectivity index (χ2v) is 5.90. The second kappa shape index (κ2) is 9.17. The minimum atomic E-state index is 0.580. The third kappa shape index (κ3) is 5.28. The summed E-state index contributed by atoms with van der Waals surface area (Å²) in [5.41, 5.74) is 2.61. The molecule has 0 aliphatic carbocycles. The molecule has 0 aliphatic rings. The lowest BCUT2D eigenvalue weighted by Crippen LogP contribution is -2.34. The van der Waals surface area contributed by atoms with Crippen LogP contribution in [-0.4, -0.2) is 22.4 Å². The van der Waals surface area contributed by atoms with Crippen LogP contribution >= 0.6 is 0 Å². The van der Waals surface area contributed by atoms with E-state index in [1.54, 1.807) is 0 Å². The van der Waals surface area contributed by atoms with E-state index in [2.05, 4.69) is 55.8 Å². The van der Waals surface area contributed by atoms with Crippen molar-refractivity contribution in [2.24, 2.45) is 5.92 Å². The zero-order valence-corrected chi connectivity index (χ0v) is 14.1. The Morgan fingerprint density at radius 1 is 1.25 bits per heavy atom. The van der Waals surface area contributed by atoms with Gasteiger partial charge in [-0.05, 0) is 44.7 Å². The number of hydrogen-bond donors (Lipinski definition) is 1. The average molecular weight is 279 g/mol. The summed E-state index contributed by atoms with van der Waals surface area (Å²) in [5.74, 6) is 0.785. The number of hydrogen-bond acceptors (Lipinski definition) is 2. The van der Waals surface area contributed by atoms with Crippen LogP contribution in [0.1, 0.15) is 65.3 Å². The molecule has 0 aromatic carbocycles. The molecular formula is C17H33N3. The van der Waals surface area contributed by atoms with Crippen molar-refractivity contribution >= 4 is 0 Å². The second-order valence-electron chi connectivity index (χ2n) is 5.90. The average Bonchev–Trinajstić information content (AvgIpc) is 2.86. The molecule has 0 spiro atoms. The molecule has 2 unspecified atom stereocenters. The van der Waals surface area contributed by atoms with Crippen LogP contribution in [0.5, 0.6) is 0 Å². The summed E-state index contributed by atoms with van der Waals surface area (Å²) >= 11 is 0. The summed E-state index contributed by atoms with van der Waals surface area (Å²) in [5, 5.41) is 8.39. The molecule has 3 heteroatoms. The van der Waals surface area contributed by atoms with Crippen LogP contribution in [0.25, 0.3) is 0 Å². The molecule has 1 aromatic rings. The summed E-state index contributed by atoms with van der Waals surface area (Å²) in [4.78, 5) is 0. The predicted molar refractivity (Wildman–Crippen MR) is 87.1 cm³/mol. The maximum Gasteiger partial charge on any atom is 0.0624 e. The highest BCUT2D eigenvalue weighted by Gasteiger charge is 2.15. The van der Waals surface area contributed by atoms with Gasteiger partial charge in [-0.25, -0.2) is 0 Å². The van der Waals surface area contributed by atoms with Crippen LogP contribution in [0.3, 0.4) is 0 Å². The molecule has 0 bridgehead atoms. The first kappa shape index (κ1) is 17.2. The zero-order chi connectivity index (χ0) is 15.0. The summed E-state index contributed by atoms with van der Waals surface area (Å²) < 4.78 is 2.18. The summed E-state index contributed by atoms with van der Waals surface area (Å²) in [6.07, 6.45) is 5.85. The number of rotatable bonds is 10. The van der Waals surface area contributed by atoms with Gasteiger partial charge in [-0.3, -0.25) is 4.68 Å². The van der Waals surface area contributed by atoms with Gasteiger partial charge in [-0.1, -0.05) is 34.1 Å². The Balaban J connectivity index is 2.73. The smallest absolute Gasteiger partial charge is 0.0624 e. The fourth-order valence-corrected chi connectivity index (χ4v) is 2.62. The normalized spacial score (nSPS) is 14.4. The summed E-state index contributed by atoms with van der Waals surface area (Å²) in [6, 6.07) is 2.87. The fraction of sp³-hybridized carbons (Fsp3) is 0.824. The van der Waals surface area contributed by atoms with Crippen molar-refractivity contribution in [3.8, 4) is 0 Å². The van der Waals surface area contributed by atoms with Crippen LogP contribution in [0, 0.1) is 5.92 Å². The molecule has 1 N–H and O–H groups in total. The third-order valence-corrected chi connectivity index (χ3v) is 4.10. The van der Waals surface area contributed by atoms with Gasteiger partial charge in [-0.2, -0.15) is 5.10 Å². The third-order valence-electron chi connectivity index (χ3n) is 4.10. The molecule has 116 valence electrons. The molecule has 1 rings (SSSR count). The molecule has 0 aliphatic heterocycles. The van der Waals surface area contributed by atoms with E-state index in [-0.39, 0.29) is 0 Å². The summed E-state index contributed by atoms with van der Waals surface area (Å²) in [7, 11) is 0. The topological polar surface area (TPSA) is 29.9 Å². The molecule has 1 heterocycles. The maximum absolute atomic E-state index is 4.67. The number of aromatic nitrogens is 2. The SMILES string of the molecule is CCCNC(Cc1cc(CC)nn1CC)CC(C)CC. The van der Waals surface area contributed by atoms with Crippen molar-refractivity contribution in [2.45, 2.75) is 79.3 Å².